The highest BCUT2D eigenvalue weighted by atomic mass is 35.5. The summed E-state index contributed by atoms with van der Waals surface area (Å²) in [4.78, 5) is 48.9. The smallest absolute Gasteiger partial charge is 0.330 e. The fourth-order valence-electron chi connectivity index (χ4n) is 3.53. The molecule has 8 nitrogen and oxygen atoms in total. The summed E-state index contributed by atoms with van der Waals surface area (Å²) >= 11 is 12.1. The second-order valence-electron chi connectivity index (χ2n) is 7.61. The van der Waals surface area contributed by atoms with Crippen molar-refractivity contribution in [1.82, 2.24) is 14.5 Å². The number of carbonyl (C=O) groups is 2. The molecule has 3 aromatic rings. The molecule has 2 N–H and O–H groups in total. The average Bonchev–Trinajstić information content (AvgIpc) is 2.74. The molecule has 0 fully saturated rings. The SMILES string of the molecule is Cc1cc(C[C@H](NC(=O)c2c(Cl)cccc2Cl)C(=O)O)ccc1-c1cn(C)c(=O)n(C)c1=O. The van der Waals surface area contributed by atoms with Gasteiger partial charge in [0.25, 0.3) is 11.5 Å². The van der Waals surface area contributed by atoms with Crippen molar-refractivity contribution in [3.8, 4) is 11.1 Å². The summed E-state index contributed by atoms with van der Waals surface area (Å²) in [7, 11) is 2.96. The third kappa shape index (κ3) is 5.02. The number of amides is 1. The molecule has 172 valence electrons. The van der Waals surface area contributed by atoms with E-state index in [4.69, 9.17) is 23.2 Å². The number of carboxylic acids is 1. The maximum absolute atomic E-state index is 12.6. The summed E-state index contributed by atoms with van der Waals surface area (Å²) < 4.78 is 2.35. The van der Waals surface area contributed by atoms with Gasteiger partial charge in [0.05, 0.1) is 21.2 Å². The summed E-state index contributed by atoms with van der Waals surface area (Å²) in [5.41, 5.74) is 1.46. The summed E-state index contributed by atoms with van der Waals surface area (Å²) in [6.07, 6.45) is 1.47. The Morgan fingerprint density at radius 3 is 2.27 bits per heavy atom. The zero-order valence-electron chi connectivity index (χ0n) is 18.1. The van der Waals surface area contributed by atoms with Gasteiger partial charge >= 0.3 is 11.7 Å². The lowest BCUT2D eigenvalue weighted by atomic mass is 9.97. The largest absolute Gasteiger partial charge is 0.480 e. The second-order valence-corrected chi connectivity index (χ2v) is 8.43. The molecule has 0 bridgehead atoms. The number of aryl methyl sites for hydroxylation is 2. The van der Waals surface area contributed by atoms with Crippen LogP contribution in [0.25, 0.3) is 11.1 Å². The second kappa shape index (κ2) is 9.64. The van der Waals surface area contributed by atoms with Crippen LogP contribution in [0.15, 0.2) is 52.2 Å². The molecule has 0 unspecified atom stereocenters. The molecule has 0 aliphatic heterocycles. The highest BCUT2D eigenvalue weighted by molar-refractivity contribution is 6.39. The Bertz CT molecular complexity index is 1360. The minimum absolute atomic E-state index is 0.00384. The van der Waals surface area contributed by atoms with Crippen molar-refractivity contribution >= 4 is 35.1 Å². The zero-order valence-corrected chi connectivity index (χ0v) is 19.6. The Balaban J connectivity index is 1.89. The van der Waals surface area contributed by atoms with E-state index in [-0.39, 0.29) is 22.0 Å². The lowest BCUT2D eigenvalue weighted by Crippen LogP contribution is -2.42. The van der Waals surface area contributed by atoms with Crippen molar-refractivity contribution in [2.75, 3.05) is 0 Å². The van der Waals surface area contributed by atoms with Crippen LogP contribution in [0, 0.1) is 6.92 Å². The highest BCUT2D eigenvalue weighted by Gasteiger charge is 2.24. The van der Waals surface area contributed by atoms with E-state index in [9.17, 15) is 24.3 Å². The number of hydrogen-bond donors (Lipinski definition) is 2. The van der Waals surface area contributed by atoms with Crippen LogP contribution in [-0.2, 0) is 25.3 Å². The Morgan fingerprint density at radius 2 is 1.70 bits per heavy atom. The lowest BCUT2D eigenvalue weighted by Gasteiger charge is -2.17. The third-order valence-corrected chi connectivity index (χ3v) is 5.89. The van der Waals surface area contributed by atoms with Gasteiger partial charge in [0.2, 0.25) is 0 Å². The minimum atomic E-state index is -1.24. The number of aromatic nitrogens is 2. The Labute approximate surface area is 199 Å². The van der Waals surface area contributed by atoms with Gasteiger partial charge in [-0.25, -0.2) is 9.59 Å². The molecule has 0 radical (unpaired) electrons. The number of halogens is 2. The number of benzene rings is 2. The van der Waals surface area contributed by atoms with Crippen molar-refractivity contribution in [2.24, 2.45) is 14.1 Å². The van der Waals surface area contributed by atoms with E-state index < -0.39 is 29.2 Å². The monoisotopic (exact) mass is 489 g/mol. The summed E-state index contributed by atoms with van der Waals surface area (Å²) in [6.45, 7) is 1.78. The number of carboxylic acid groups (broad SMARTS) is 1. The summed E-state index contributed by atoms with van der Waals surface area (Å²) in [6, 6.07) is 8.44. The number of hydrogen-bond acceptors (Lipinski definition) is 4. The normalized spacial score (nSPS) is 11.8. The molecule has 0 saturated heterocycles. The van der Waals surface area contributed by atoms with E-state index in [1.807, 2.05) is 0 Å². The zero-order chi connectivity index (χ0) is 24.4. The number of aliphatic carboxylic acids is 1. The predicted molar refractivity (Wildman–Crippen MR) is 126 cm³/mol. The van der Waals surface area contributed by atoms with Crippen molar-refractivity contribution in [1.29, 1.82) is 0 Å². The molecule has 1 amide bonds. The molecule has 1 heterocycles. The van der Waals surface area contributed by atoms with Crippen LogP contribution >= 0.6 is 23.2 Å². The molecule has 3 rings (SSSR count). The molecule has 0 saturated carbocycles. The lowest BCUT2D eigenvalue weighted by molar-refractivity contribution is -0.139. The van der Waals surface area contributed by atoms with Crippen LogP contribution in [0.3, 0.4) is 0 Å². The number of nitrogens with zero attached hydrogens (tertiary/aromatic N) is 2. The van der Waals surface area contributed by atoms with Gasteiger partial charge in [0.15, 0.2) is 0 Å². The molecule has 2 aromatic carbocycles. The van der Waals surface area contributed by atoms with Crippen LogP contribution in [0.5, 0.6) is 0 Å². The molecule has 10 heteroatoms. The number of carbonyl (C=O) groups excluding carboxylic acids is 1. The van der Waals surface area contributed by atoms with Crippen molar-refractivity contribution in [2.45, 2.75) is 19.4 Å². The van der Waals surface area contributed by atoms with E-state index >= 15 is 0 Å². The molecule has 1 aromatic heterocycles. The molecular formula is C23H21Cl2N3O5. The van der Waals surface area contributed by atoms with Crippen molar-refractivity contribution < 1.29 is 14.7 Å². The fourth-order valence-corrected chi connectivity index (χ4v) is 4.10. The topological polar surface area (TPSA) is 110 Å². The first kappa shape index (κ1) is 24.3. The predicted octanol–water partition coefficient (Wildman–Crippen LogP) is 2.79. The first-order valence-corrected chi connectivity index (χ1v) is 10.6. The molecule has 0 spiro atoms. The molecule has 0 aliphatic rings. The van der Waals surface area contributed by atoms with E-state index in [1.165, 1.54) is 29.9 Å². The molecular weight excluding hydrogens is 469 g/mol. The first-order chi connectivity index (χ1) is 15.5. The van der Waals surface area contributed by atoms with Crippen LogP contribution in [0.4, 0.5) is 0 Å². The van der Waals surface area contributed by atoms with Crippen molar-refractivity contribution in [3.05, 3.63) is 90.2 Å². The van der Waals surface area contributed by atoms with Gasteiger partial charge in [0.1, 0.15) is 6.04 Å². The Morgan fingerprint density at radius 1 is 1.06 bits per heavy atom. The van der Waals surface area contributed by atoms with Crippen LogP contribution in [-0.4, -0.2) is 32.2 Å². The van der Waals surface area contributed by atoms with Gasteiger partial charge in [-0.2, -0.15) is 0 Å². The molecule has 33 heavy (non-hydrogen) atoms. The van der Waals surface area contributed by atoms with Gasteiger partial charge in [-0.1, -0.05) is 47.5 Å². The van der Waals surface area contributed by atoms with Crippen LogP contribution in [0.2, 0.25) is 10.0 Å². The van der Waals surface area contributed by atoms with E-state index in [2.05, 4.69) is 5.32 Å². The summed E-state index contributed by atoms with van der Waals surface area (Å²) in [5, 5.41) is 12.3. The number of nitrogens with one attached hydrogen (secondary N) is 1. The van der Waals surface area contributed by atoms with Crippen LogP contribution < -0.4 is 16.6 Å². The van der Waals surface area contributed by atoms with Gasteiger partial charge < -0.3 is 15.0 Å². The van der Waals surface area contributed by atoms with Gasteiger partial charge in [0, 0.05) is 26.7 Å². The number of rotatable bonds is 6. The molecule has 1 atom stereocenters. The average molecular weight is 490 g/mol. The minimum Gasteiger partial charge on any atom is -0.480 e. The summed E-state index contributed by atoms with van der Waals surface area (Å²) in [5.74, 6) is -1.92. The van der Waals surface area contributed by atoms with E-state index in [0.717, 1.165) is 4.57 Å². The maximum atomic E-state index is 12.6. The van der Waals surface area contributed by atoms with Crippen LogP contribution in [0.1, 0.15) is 21.5 Å². The van der Waals surface area contributed by atoms with Gasteiger partial charge in [-0.15, -0.1) is 0 Å². The third-order valence-electron chi connectivity index (χ3n) is 5.26. The van der Waals surface area contributed by atoms with E-state index in [0.29, 0.717) is 22.3 Å². The highest BCUT2D eigenvalue weighted by Crippen LogP contribution is 2.25. The fraction of sp³-hybridized carbons (Fsp3) is 0.217. The standard InChI is InChI=1S/C23H21Cl2N3O5/c1-12-9-13(7-8-14(12)15-11-27(2)23(33)28(3)21(15)30)10-18(22(31)32)26-20(29)19-16(24)5-4-6-17(19)25/h4-9,11,18H,10H2,1-3H3,(H,26,29)(H,31,32)/t18-/m0/s1. The van der Waals surface area contributed by atoms with Gasteiger partial charge in [-0.05, 0) is 35.7 Å². The Hall–Kier alpha value is -3.36. The van der Waals surface area contributed by atoms with Crippen molar-refractivity contribution in [3.63, 3.8) is 0 Å². The molecule has 0 aliphatic carbocycles. The first-order valence-electron chi connectivity index (χ1n) is 9.85. The van der Waals surface area contributed by atoms with E-state index in [1.54, 1.807) is 38.2 Å². The quantitative estimate of drug-likeness (QED) is 0.552. The Kier molecular flexibility index (Phi) is 7.09. The van der Waals surface area contributed by atoms with Gasteiger partial charge in [-0.3, -0.25) is 14.2 Å². The maximum Gasteiger partial charge on any atom is 0.330 e.